The molecule has 0 saturated carbocycles. The summed E-state index contributed by atoms with van der Waals surface area (Å²) in [6.45, 7) is 0. The van der Waals surface area contributed by atoms with Gasteiger partial charge in [-0.25, -0.2) is 13.6 Å². The van der Waals surface area contributed by atoms with Gasteiger partial charge in [-0.2, -0.15) is 0 Å². The van der Waals surface area contributed by atoms with Crippen LogP contribution >= 0.6 is 0 Å². The van der Waals surface area contributed by atoms with Crippen molar-refractivity contribution >= 4 is 27.3 Å². The number of hydrogen-bond acceptors (Lipinski definition) is 5. The standard InChI is InChI=1S/C12H12N4O3S/c13-11-4-5-15-7-10(11)12(17)16-8-2-1-3-9(6-8)20(14,18)19/h1-7H,(H2,13,15)(H,16,17)(H2,14,18,19). The lowest BCUT2D eigenvalue weighted by Crippen LogP contribution is -2.16. The fourth-order valence-electron chi connectivity index (χ4n) is 1.54. The lowest BCUT2D eigenvalue weighted by molar-refractivity contribution is 0.102. The summed E-state index contributed by atoms with van der Waals surface area (Å²) in [6, 6.07) is 7.11. The largest absolute Gasteiger partial charge is 0.398 e. The molecule has 1 amide bonds. The predicted octanol–water partition coefficient (Wildman–Crippen LogP) is 0.564. The van der Waals surface area contributed by atoms with E-state index in [4.69, 9.17) is 10.9 Å². The van der Waals surface area contributed by atoms with E-state index in [1.807, 2.05) is 0 Å². The number of anilines is 2. The molecule has 20 heavy (non-hydrogen) atoms. The zero-order chi connectivity index (χ0) is 14.8. The van der Waals surface area contributed by atoms with Gasteiger partial charge >= 0.3 is 0 Å². The van der Waals surface area contributed by atoms with Gasteiger partial charge in [-0.15, -0.1) is 0 Å². The number of amides is 1. The summed E-state index contributed by atoms with van der Waals surface area (Å²) in [4.78, 5) is 15.7. The smallest absolute Gasteiger partial charge is 0.259 e. The molecular formula is C12H12N4O3S. The topological polar surface area (TPSA) is 128 Å². The first-order chi connectivity index (χ1) is 9.38. The minimum atomic E-state index is -3.82. The van der Waals surface area contributed by atoms with Gasteiger partial charge in [-0.05, 0) is 24.3 Å². The predicted molar refractivity (Wildman–Crippen MR) is 74.4 cm³/mol. The number of nitrogen functional groups attached to an aromatic ring is 1. The Labute approximate surface area is 115 Å². The van der Waals surface area contributed by atoms with Gasteiger partial charge in [0.25, 0.3) is 5.91 Å². The molecule has 0 radical (unpaired) electrons. The molecule has 1 aromatic carbocycles. The summed E-state index contributed by atoms with van der Waals surface area (Å²) in [5.74, 6) is -0.484. The third kappa shape index (κ3) is 3.11. The number of carbonyl (C=O) groups excluding carboxylic acids is 1. The van der Waals surface area contributed by atoms with Crippen LogP contribution in [0.2, 0.25) is 0 Å². The van der Waals surface area contributed by atoms with Gasteiger partial charge in [0.1, 0.15) is 0 Å². The summed E-state index contributed by atoms with van der Waals surface area (Å²) >= 11 is 0. The molecule has 5 N–H and O–H groups in total. The monoisotopic (exact) mass is 292 g/mol. The summed E-state index contributed by atoms with van der Waals surface area (Å²) in [7, 11) is -3.82. The van der Waals surface area contributed by atoms with Crippen LogP contribution in [-0.2, 0) is 10.0 Å². The van der Waals surface area contributed by atoms with Crippen LogP contribution in [-0.4, -0.2) is 19.3 Å². The Kier molecular flexibility index (Phi) is 3.68. The van der Waals surface area contributed by atoms with Gasteiger partial charge < -0.3 is 11.1 Å². The van der Waals surface area contributed by atoms with Gasteiger partial charge in [0.05, 0.1) is 10.5 Å². The quantitative estimate of drug-likeness (QED) is 0.761. The minimum absolute atomic E-state index is 0.0885. The summed E-state index contributed by atoms with van der Waals surface area (Å²) < 4.78 is 22.5. The molecule has 0 unspecified atom stereocenters. The van der Waals surface area contributed by atoms with Crippen molar-refractivity contribution in [3.63, 3.8) is 0 Å². The number of nitrogens with one attached hydrogen (secondary N) is 1. The Hall–Kier alpha value is -2.45. The van der Waals surface area contributed by atoms with E-state index in [-0.39, 0.29) is 16.1 Å². The van der Waals surface area contributed by atoms with Crippen LogP contribution in [0.1, 0.15) is 10.4 Å². The summed E-state index contributed by atoms with van der Waals surface area (Å²) in [6.07, 6.45) is 2.79. The first-order valence-electron chi connectivity index (χ1n) is 5.51. The SMILES string of the molecule is Nc1ccncc1C(=O)Nc1cccc(S(N)(=O)=O)c1. The maximum Gasteiger partial charge on any atom is 0.259 e. The average molecular weight is 292 g/mol. The normalized spacial score (nSPS) is 11.1. The lowest BCUT2D eigenvalue weighted by Gasteiger charge is -2.08. The van der Waals surface area contributed by atoms with E-state index in [9.17, 15) is 13.2 Å². The van der Waals surface area contributed by atoms with Crippen molar-refractivity contribution in [3.8, 4) is 0 Å². The van der Waals surface area contributed by atoms with Crippen molar-refractivity contribution in [1.29, 1.82) is 0 Å². The highest BCUT2D eigenvalue weighted by molar-refractivity contribution is 7.89. The van der Waals surface area contributed by atoms with Crippen molar-refractivity contribution in [2.45, 2.75) is 4.90 Å². The molecule has 0 spiro atoms. The van der Waals surface area contributed by atoms with Crippen molar-refractivity contribution in [1.82, 2.24) is 4.98 Å². The third-order valence-corrected chi connectivity index (χ3v) is 3.43. The second-order valence-electron chi connectivity index (χ2n) is 3.99. The Bertz CT molecular complexity index is 759. The van der Waals surface area contributed by atoms with Crippen LogP contribution in [0.4, 0.5) is 11.4 Å². The molecule has 1 heterocycles. The molecule has 2 rings (SSSR count). The maximum atomic E-state index is 12.0. The minimum Gasteiger partial charge on any atom is -0.398 e. The van der Waals surface area contributed by atoms with Crippen LogP contribution < -0.4 is 16.2 Å². The first-order valence-corrected chi connectivity index (χ1v) is 7.06. The number of carbonyl (C=O) groups is 1. The van der Waals surface area contributed by atoms with Gasteiger partial charge in [-0.3, -0.25) is 9.78 Å². The number of hydrogen-bond donors (Lipinski definition) is 3. The molecule has 0 aliphatic carbocycles. The molecule has 0 aliphatic rings. The Morgan fingerprint density at radius 3 is 2.65 bits per heavy atom. The van der Waals surface area contributed by atoms with Crippen LogP contribution in [0.5, 0.6) is 0 Å². The van der Waals surface area contributed by atoms with E-state index in [0.717, 1.165) is 0 Å². The number of primary sulfonamides is 1. The highest BCUT2D eigenvalue weighted by Crippen LogP contribution is 2.16. The van der Waals surface area contributed by atoms with Gasteiger partial charge in [0.15, 0.2) is 0 Å². The molecule has 0 aliphatic heterocycles. The second-order valence-corrected chi connectivity index (χ2v) is 5.55. The van der Waals surface area contributed by atoms with E-state index in [1.165, 1.54) is 36.7 Å². The van der Waals surface area contributed by atoms with Crippen molar-refractivity contribution < 1.29 is 13.2 Å². The van der Waals surface area contributed by atoms with Gasteiger partial charge in [0, 0.05) is 23.8 Å². The molecule has 1 aromatic heterocycles. The summed E-state index contributed by atoms with van der Waals surface area (Å²) in [5.41, 5.74) is 6.43. The van der Waals surface area contributed by atoms with Gasteiger partial charge in [0.2, 0.25) is 10.0 Å². The number of aromatic nitrogens is 1. The number of nitrogens with two attached hydrogens (primary N) is 2. The number of rotatable bonds is 3. The molecule has 2 aromatic rings. The van der Waals surface area contributed by atoms with E-state index >= 15 is 0 Å². The molecular weight excluding hydrogens is 280 g/mol. The second kappa shape index (κ2) is 5.27. The van der Waals surface area contributed by atoms with E-state index in [1.54, 1.807) is 6.07 Å². The Balaban J connectivity index is 2.27. The Morgan fingerprint density at radius 1 is 1.25 bits per heavy atom. The first kappa shape index (κ1) is 14.0. The van der Waals surface area contributed by atoms with E-state index in [2.05, 4.69) is 10.3 Å². The van der Waals surface area contributed by atoms with Gasteiger partial charge in [-0.1, -0.05) is 6.07 Å². The fraction of sp³-hybridized carbons (Fsp3) is 0. The molecule has 0 atom stereocenters. The van der Waals surface area contributed by atoms with Crippen LogP contribution in [0, 0.1) is 0 Å². The van der Waals surface area contributed by atoms with Crippen molar-refractivity contribution in [2.75, 3.05) is 11.1 Å². The van der Waals surface area contributed by atoms with Crippen molar-refractivity contribution in [2.24, 2.45) is 5.14 Å². The molecule has 104 valence electrons. The molecule has 7 nitrogen and oxygen atoms in total. The van der Waals surface area contributed by atoms with Crippen LogP contribution in [0.15, 0.2) is 47.6 Å². The van der Waals surface area contributed by atoms with Crippen molar-refractivity contribution in [3.05, 3.63) is 48.3 Å². The van der Waals surface area contributed by atoms with E-state index in [0.29, 0.717) is 5.69 Å². The molecule has 0 saturated heterocycles. The zero-order valence-electron chi connectivity index (χ0n) is 10.3. The Morgan fingerprint density at radius 2 is 2.00 bits per heavy atom. The maximum absolute atomic E-state index is 12.0. The fourth-order valence-corrected chi connectivity index (χ4v) is 2.10. The van der Waals surface area contributed by atoms with Crippen LogP contribution in [0.25, 0.3) is 0 Å². The number of nitrogens with zero attached hydrogens (tertiary/aromatic N) is 1. The molecule has 8 heteroatoms. The third-order valence-electron chi connectivity index (χ3n) is 2.52. The number of benzene rings is 1. The molecule has 0 bridgehead atoms. The highest BCUT2D eigenvalue weighted by atomic mass is 32.2. The molecule has 0 fully saturated rings. The number of sulfonamides is 1. The summed E-state index contributed by atoms with van der Waals surface area (Å²) in [5, 5.41) is 7.55. The van der Waals surface area contributed by atoms with Crippen LogP contribution in [0.3, 0.4) is 0 Å². The van der Waals surface area contributed by atoms with E-state index < -0.39 is 15.9 Å². The lowest BCUT2D eigenvalue weighted by atomic mass is 10.2. The number of pyridine rings is 1. The average Bonchev–Trinajstić information content (AvgIpc) is 2.38. The highest BCUT2D eigenvalue weighted by Gasteiger charge is 2.12. The zero-order valence-corrected chi connectivity index (χ0v) is 11.1.